The molecule has 2 amide bonds. The largest absolute Gasteiger partial charge is 0.368 e. The van der Waals surface area contributed by atoms with Crippen LogP contribution in [0.5, 0.6) is 0 Å². The van der Waals surface area contributed by atoms with Gasteiger partial charge in [-0.2, -0.15) is 0 Å². The van der Waals surface area contributed by atoms with Gasteiger partial charge in [-0.25, -0.2) is 4.39 Å². The average molecular weight is 348 g/mol. The minimum atomic E-state index is -0.944. The molecule has 0 spiro atoms. The van der Waals surface area contributed by atoms with Gasteiger partial charge in [0.15, 0.2) is 0 Å². The number of nitrogens with zero attached hydrogens (tertiary/aromatic N) is 2. The lowest BCUT2D eigenvalue weighted by Crippen LogP contribution is -2.48. The third-order valence-corrected chi connectivity index (χ3v) is 4.90. The number of carbonyl (C=O) groups excluding carboxylic acids is 2. The van der Waals surface area contributed by atoms with E-state index < -0.39 is 12.2 Å². The summed E-state index contributed by atoms with van der Waals surface area (Å²) in [6.45, 7) is 5.22. The van der Waals surface area contributed by atoms with Gasteiger partial charge in [-0.05, 0) is 11.6 Å². The first-order chi connectivity index (χ1) is 12.0. The molecule has 2 atom stereocenters. The molecule has 2 heterocycles. The van der Waals surface area contributed by atoms with E-state index in [-0.39, 0.29) is 24.8 Å². The summed E-state index contributed by atoms with van der Waals surface area (Å²) >= 11 is 0. The van der Waals surface area contributed by atoms with E-state index >= 15 is 0 Å². The van der Waals surface area contributed by atoms with Crippen molar-refractivity contribution in [1.82, 2.24) is 15.5 Å². The van der Waals surface area contributed by atoms with Crippen LogP contribution < -0.4 is 15.5 Å². The molecule has 1 aromatic carbocycles. The fourth-order valence-corrected chi connectivity index (χ4v) is 3.43. The summed E-state index contributed by atoms with van der Waals surface area (Å²) < 4.78 is 13.2. The Kier molecular flexibility index (Phi) is 5.53. The lowest BCUT2D eigenvalue weighted by atomic mass is 10.1. The van der Waals surface area contributed by atoms with Crippen molar-refractivity contribution in [1.29, 1.82) is 0 Å². The Labute approximate surface area is 147 Å². The molecule has 7 heteroatoms. The van der Waals surface area contributed by atoms with Crippen LogP contribution in [-0.4, -0.2) is 61.7 Å². The van der Waals surface area contributed by atoms with Gasteiger partial charge in [0, 0.05) is 58.3 Å². The van der Waals surface area contributed by atoms with Crippen molar-refractivity contribution < 1.29 is 14.0 Å². The minimum Gasteiger partial charge on any atom is -0.368 e. The van der Waals surface area contributed by atoms with Crippen LogP contribution >= 0.6 is 0 Å². The highest BCUT2D eigenvalue weighted by Crippen LogP contribution is 2.22. The van der Waals surface area contributed by atoms with Crippen LogP contribution in [0, 0.1) is 0 Å². The SMILES string of the molecule is CC(=O)N1CCN(c2ccccc2CNC(=O)[C@H]2C[C@H](F)CN2)CC1. The lowest BCUT2D eigenvalue weighted by Gasteiger charge is -2.36. The number of rotatable bonds is 4. The first-order valence-electron chi connectivity index (χ1n) is 8.78. The molecule has 25 heavy (non-hydrogen) atoms. The molecule has 2 fully saturated rings. The Morgan fingerprint density at radius 2 is 1.96 bits per heavy atom. The van der Waals surface area contributed by atoms with E-state index in [1.165, 1.54) is 0 Å². The number of alkyl halides is 1. The van der Waals surface area contributed by atoms with Crippen molar-refractivity contribution in [3.8, 4) is 0 Å². The van der Waals surface area contributed by atoms with Crippen LogP contribution in [0.2, 0.25) is 0 Å². The summed E-state index contributed by atoms with van der Waals surface area (Å²) in [7, 11) is 0. The van der Waals surface area contributed by atoms with E-state index in [1.54, 1.807) is 6.92 Å². The number of halogens is 1. The number of piperazine rings is 1. The van der Waals surface area contributed by atoms with Crippen LogP contribution in [0.15, 0.2) is 24.3 Å². The van der Waals surface area contributed by atoms with E-state index in [1.807, 2.05) is 29.2 Å². The Balaban J connectivity index is 1.59. The molecular weight excluding hydrogens is 323 g/mol. The van der Waals surface area contributed by atoms with Gasteiger partial charge in [-0.3, -0.25) is 9.59 Å². The van der Waals surface area contributed by atoms with Crippen LogP contribution in [-0.2, 0) is 16.1 Å². The molecule has 0 unspecified atom stereocenters. The number of para-hydroxylation sites is 1. The highest BCUT2D eigenvalue weighted by molar-refractivity contribution is 5.82. The normalized spacial score (nSPS) is 23.6. The molecule has 0 aliphatic carbocycles. The Hall–Kier alpha value is -2.15. The summed E-state index contributed by atoms with van der Waals surface area (Å²) in [5.41, 5.74) is 2.11. The van der Waals surface area contributed by atoms with Crippen LogP contribution in [0.25, 0.3) is 0 Å². The summed E-state index contributed by atoms with van der Waals surface area (Å²) in [4.78, 5) is 27.7. The van der Waals surface area contributed by atoms with Crippen molar-refractivity contribution in [3.05, 3.63) is 29.8 Å². The van der Waals surface area contributed by atoms with E-state index in [0.717, 1.165) is 24.3 Å². The topological polar surface area (TPSA) is 64.7 Å². The number of hydrogen-bond donors (Lipinski definition) is 2. The van der Waals surface area contributed by atoms with Crippen molar-refractivity contribution >= 4 is 17.5 Å². The van der Waals surface area contributed by atoms with E-state index in [4.69, 9.17) is 0 Å². The van der Waals surface area contributed by atoms with E-state index in [2.05, 4.69) is 15.5 Å². The Bertz CT molecular complexity index is 631. The molecule has 1 aromatic rings. The number of nitrogens with one attached hydrogen (secondary N) is 2. The molecule has 2 aliphatic rings. The molecule has 2 N–H and O–H groups in total. The smallest absolute Gasteiger partial charge is 0.237 e. The van der Waals surface area contributed by atoms with Gasteiger partial charge >= 0.3 is 0 Å². The average Bonchev–Trinajstić information content (AvgIpc) is 3.06. The third kappa shape index (κ3) is 4.28. The maximum Gasteiger partial charge on any atom is 0.237 e. The summed E-state index contributed by atoms with van der Waals surface area (Å²) in [5, 5.41) is 5.81. The van der Waals surface area contributed by atoms with Gasteiger partial charge in [0.05, 0.1) is 6.04 Å². The quantitative estimate of drug-likeness (QED) is 0.840. The van der Waals surface area contributed by atoms with Crippen molar-refractivity contribution in [3.63, 3.8) is 0 Å². The van der Waals surface area contributed by atoms with Gasteiger partial charge in [0.25, 0.3) is 0 Å². The van der Waals surface area contributed by atoms with Crippen LogP contribution in [0.4, 0.5) is 10.1 Å². The van der Waals surface area contributed by atoms with Gasteiger partial charge in [0.2, 0.25) is 11.8 Å². The molecule has 3 rings (SSSR count). The van der Waals surface area contributed by atoms with Gasteiger partial charge in [0.1, 0.15) is 6.17 Å². The molecule has 2 aliphatic heterocycles. The predicted octanol–water partition coefficient (Wildman–Crippen LogP) is 0.671. The second kappa shape index (κ2) is 7.82. The number of carbonyl (C=O) groups is 2. The second-order valence-electron chi connectivity index (χ2n) is 6.63. The molecule has 6 nitrogen and oxygen atoms in total. The van der Waals surface area contributed by atoms with Gasteiger partial charge in [-0.15, -0.1) is 0 Å². The number of hydrogen-bond acceptors (Lipinski definition) is 4. The van der Waals surface area contributed by atoms with Crippen molar-refractivity contribution in [2.75, 3.05) is 37.6 Å². The van der Waals surface area contributed by atoms with Crippen molar-refractivity contribution in [2.24, 2.45) is 0 Å². The standard InChI is InChI=1S/C18H25FN4O2/c1-13(24)22-6-8-23(9-7-22)17-5-3-2-4-14(17)11-21-18(25)16-10-15(19)12-20-16/h2-5,15-16,20H,6-12H2,1H3,(H,21,25)/t15-,16+/m0/s1. The second-order valence-corrected chi connectivity index (χ2v) is 6.63. The van der Waals surface area contributed by atoms with Crippen LogP contribution in [0.1, 0.15) is 18.9 Å². The summed E-state index contributed by atoms with van der Waals surface area (Å²) in [6, 6.07) is 7.51. The zero-order valence-corrected chi connectivity index (χ0v) is 14.5. The maximum absolute atomic E-state index is 13.2. The molecule has 0 bridgehead atoms. The highest BCUT2D eigenvalue weighted by atomic mass is 19.1. The molecule has 0 saturated carbocycles. The first-order valence-corrected chi connectivity index (χ1v) is 8.78. The minimum absolute atomic E-state index is 0.107. The first kappa shape index (κ1) is 17.7. The Morgan fingerprint density at radius 3 is 2.60 bits per heavy atom. The molecule has 2 saturated heterocycles. The summed E-state index contributed by atoms with van der Waals surface area (Å²) in [6.07, 6.45) is -0.707. The highest BCUT2D eigenvalue weighted by Gasteiger charge is 2.29. The van der Waals surface area contributed by atoms with Gasteiger partial charge in [-0.1, -0.05) is 18.2 Å². The van der Waals surface area contributed by atoms with Crippen molar-refractivity contribution in [2.45, 2.75) is 32.1 Å². The lowest BCUT2D eigenvalue weighted by molar-refractivity contribution is -0.129. The summed E-state index contributed by atoms with van der Waals surface area (Å²) in [5.74, 6) is -0.0493. The zero-order valence-electron chi connectivity index (χ0n) is 14.5. The number of benzene rings is 1. The fourth-order valence-electron chi connectivity index (χ4n) is 3.43. The predicted molar refractivity (Wildman–Crippen MR) is 94.1 cm³/mol. The fraction of sp³-hybridized carbons (Fsp3) is 0.556. The molecule has 136 valence electrons. The van der Waals surface area contributed by atoms with E-state index in [0.29, 0.717) is 19.6 Å². The van der Waals surface area contributed by atoms with Crippen LogP contribution in [0.3, 0.4) is 0 Å². The van der Waals surface area contributed by atoms with Gasteiger partial charge < -0.3 is 20.4 Å². The molecule has 0 radical (unpaired) electrons. The monoisotopic (exact) mass is 348 g/mol. The molecular formula is C18H25FN4O2. The Morgan fingerprint density at radius 1 is 1.24 bits per heavy atom. The zero-order chi connectivity index (χ0) is 17.8. The van der Waals surface area contributed by atoms with E-state index in [9.17, 15) is 14.0 Å². The third-order valence-electron chi connectivity index (χ3n) is 4.90. The molecule has 0 aromatic heterocycles. The number of amides is 2. The number of anilines is 1. The maximum atomic E-state index is 13.2.